The van der Waals surface area contributed by atoms with Gasteiger partial charge in [-0.05, 0) is 37.1 Å². The number of aromatic nitrogens is 1. The van der Waals surface area contributed by atoms with E-state index in [-0.39, 0.29) is 0 Å². The third-order valence-corrected chi connectivity index (χ3v) is 6.22. The standard InChI is InChI=1S/C22H23N3OS/c1-2-8-17(9-3-1)26-18-12-15-13-20(22-23-10-11-27-22)25-21(15)19(14-18)24-16-6-4-5-7-16/h1-3,8-9,12-14,16,24-25H,4-7,10-11H2. The number of aliphatic imine (C=N–C) groups is 1. The van der Waals surface area contributed by atoms with E-state index in [4.69, 9.17) is 4.74 Å². The quantitative estimate of drug-likeness (QED) is 0.590. The predicted octanol–water partition coefficient (Wildman–Crippen LogP) is 5.81. The van der Waals surface area contributed by atoms with Crippen molar-refractivity contribution in [3.05, 3.63) is 54.2 Å². The predicted molar refractivity (Wildman–Crippen MR) is 115 cm³/mol. The minimum absolute atomic E-state index is 0.546. The average Bonchev–Trinajstić information content (AvgIpc) is 3.44. The van der Waals surface area contributed by atoms with Crippen LogP contribution in [-0.2, 0) is 0 Å². The molecule has 4 nitrogen and oxygen atoms in total. The molecule has 0 spiro atoms. The molecule has 3 aromatic rings. The molecule has 1 aromatic heterocycles. The first-order valence-electron chi connectivity index (χ1n) is 9.69. The van der Waals surface area contributed by atoms with Crippen LogP contribution in [0.4, 0.5) is 5.69 Å². The van der Waals surface area contributed by atoms with Gasteiger partial charge in [0.05, 0.1) is 16.9 Å². The normalized spacial score (nSPS) is 17.4. The zero-order valence-electron chi connectivity index (χ0n) is 15.2. The van der Waals surface area contributed by atoms with Gasteiger partial charge < -0.3 is 15.0 Å². The van der Waals surface area contributed by atoms with E-state index in [9.17, 15) is 0 Å². The molecular weight excluding hydrogens is 354 g/mol. The molecule has 2 N–H and O–H groups in total. The zero-order valence-corrected chi connectivity index (χ0v) is 16.0. The summed E-state index contributed by atoms with van der Waals surface area (Å²) >= 11 is 1.82. The number of aromatic amines is 1. The van der Waals surface area contributed by atoms with E-state index in [0.29, 0.717) is 6.04 Å². The van der Waals surface area contributed by atoms with Crippen molar-refractivity contribution >= 4 is 33.4 Å². The number of rotatable bonds is 5. The first-order valence-corrected chi connectivity index (χ1v) is 10.7. The second kappa shape index (κ2) is 7.31. The van der Waals surface area contributed by atoms with Crippen molar-refractivity contribution in [2.45, 2.75) is 31.7 Å². The third kappa shape index (κ3) is 3.56. The van der Waals surface area contributed by atoms with Crippen LogP contribution in [0.5, 0.6) is 11.5 Å². The molecule has 1 fully saturated rings. The molecule has 2 aromatic carbocycles. The Morgan fingerprint density at radius 3 is 2.67 bits per heavy atom. The highest BCUT2D eigenvalue weighted by molar-refractivity contribution is 8.14. The molecule has 0 amide bonds. The summed E-state index contributed by atoms with van der Waals surface area (Å²) in [6.07, 6.45) is 5.09. The summed E-state index contributed by atoms with van der Waals surface area (Å²) in [5.41, 5.74) is 3.38. The number of para-hydroxylation sites is 1. The van der Waals surface area contributed by atoms with Crippen molar-refractivity contribution in [1.29, 1.82) is 0 Å². The first-order chi connectivity index (χ1) is 13.3. The first kappa shape index (κ1) is 16.8. The maximum absolute atomic E-state index is 6.14. The summed E-state index contributed by atoms with van der Waals surface area (Å²) in [4.78, 5) is 8.22. The van der Waals surface area contributed by atoms with Crippen molar-refractivity contribution in [3.63, 3.8) is 0 Å². The number of anilines is 1. The number of ether oxygens (including phenoxy) is 1. The van der Waals surface area contributed by atoms with E-state index in [1.807, 2.05) is 42.1 Å². The monoisotopic (exact) mass is 377 g/mol. The molecule has 0 bridgehead atoms. The van der Waals surface area contributed by atoms with E-state index < -0.39 is 0 Å². The number of hydrogen-bond acceptors (Lipinski definition) is 4. The fraction of sp³-hybridized carbons (Fsp3) is 0.318. The lowest BCUT2D eigenvalue weighted by atomic mass is 10.1. The number of H-pyrrole nitrogens is 1. The smallest absolute Gasteiger partial charge is 0.130 e. The van der Waals surface area contributed by atoms with E-state index in [0.717, 1.165) is 51.1 Å². The molecular formula is C22H23N3OS. The van der Waals surface area contributed by atoms with Gasteiger partial charge in [-0.1, -0.05) is 31.0 Å². The van der Waals surface area contributed by atoms with Gasteiger partial charge in [0.25, 0.3) is 0 Å². The summed E-state index contributed by atoms with van der Waals surface area (Å²) < 4.78 is 6.14. The second-order valence-electron chi connectivity index (χ2n) is 7.19. The van der Waals surface area contributed by atoms with Crippen molar-refractivity contribution in [3.8, 4) is 11.5 Å². The Kier molecular flexibility index (Phi) is 4.54. The van der Waals surface area contributed by atoms with Gasteiger partial charge in [-0.15, -0.1) is 11.8 Å². The number of nitrogens with zero attached hydrogens (tertiary/aromatic N) is 1. The zero-order chi connectivity index (χ0) is 18.1. The van der Waals surface area contributed by atoms with Crippen molar-refractivity contribution in [2.24, 2.45) is 4.99 Å². The van der Waals surface area contributed by atoms with Crippen molar-refractivity contribution in [1.82, 2.24) is 4.98 Å². The van der Waals surface area contributed by atoms with Crippen LogP contribution in [0.15, 0.2) is 53.5 Å². The second-order valence-corrected chi connectivity index (χ2v) is 8.28. The van der Waals surface area contributed by atoms with Crippen LogP contribution in [0, 0.1) is 0 Å². The molecule has 1 aliphatic heterocycles. The van der Waals surface area contributed by atoms with Gasteiger partial charge in [-0.3, -0.25) is 4.99 Å². The summed E-state index contributed by atoms with van der Waals surface area (Å²) in [6.45, 7) is 0.908. The van der Waals surface area contributed by atoms with E-state index in [1.165, 1.54) is 25.7 Å². The van der Waals surface area contributed by atoms with Gasteiger partial charge in [0.2, 0.25) is 0 Å². The minimum atomic E-state index is 0.546. The molecule has 1 aliphatic carbocycles. The molecule has 2 aliphatic rings. The van der Waals surface area contributed by atoms with E-state index in [2.05, 4.69) is 33.5 Å². The Labute approximate surface area is 163 Å². The number of thioether (sulfide) groups is 1. The van der Waals surface area contributed by atoms with Gasteiger partial charge in [-0.2, -0.15) is 0 Å². The third-order valence-electron chi connectivity index (χ3n) is 5.21. The number of fused-ring (bicyclic) bond motifs is 1. The highest BCUT2D eigenvalue weighted by Gasteiger charge is 2.19. The van der Waals surface area contributed by atoms with Gasteiger partial charge in [-0.25, -0.2) is 0 Å². The van der Waals surface area contributed by atoms with Crippen LogP contribution in [0.2, 0.25) is 0 Å². The molecule has 1 saturated carbocycles. The Morgan fingerprint density at radius 1 is 1.04 bits per heavy atom. The fourth-order valence-electron chi connectivity index (χ4n) is 3.92. The Morgan fingerprint density at radius 2 is 1.89 bits per heavy atom. The van der Waals surface area contributed by atoms with Crippen LogP contribution < -0.4 is 10.1 Å². The van der Waals surface area contributed by atoms with Crippen LogP contribution in [-0.4, -0.2) is 28.4 Å². The summed E-state index contributed by atoms with van der Waals surface area (Å²) in [5.74, 6) is 2.79. The maximum atomic E-state index is 6.14. The lowest BCUT2D eigenvalue weighted by Crippen LogP contribution is -2.14. The summed E-state index contributed by atoms with van der Waals surface area (Å²) in [7, 11) is 0. The van der Waals surface area contributed by atoms with Crippen LogP contribution in [0.3, 0.4) is 0 Å². The molecule has 0 atom stereocenters. The molecule has 5 heteroatoms. The summed E-state index contributed by atoms with van der Waals surface area (Å²) in [5, 5.41) is 6.03. The van der Waals surface area contributed by atoms with E-state index >= 15 is 0 Å². The average molecular weight is 378 g/mol. The number of nitrogens with one attached hydrogen (secondary N) is 2. The minimum Gasteiger partial charge on any atom is -0.457 e. The maximum Gasteiger partial charge on any atom is 0.130 e. The Balaban J connectivity index is 1.54. The van der Waals surface area contributed by atoms with Crippen LogP contribution in [0.25, 0.3) is 10.9 Å². The SMILES string of the molecule is c1ccc(Oc2cc(NC3CCCC3)c3[nH]c(C4=NCCS4)cc3c2)cc1. The van der Waals surface area contributed by atoms with Gasteiger partial charge in [0.1, 0.15) is 16.5 Å². The Hall–Kier alpha value is -2.40. The highest BCUT2D eigenvalue weighted by Crippen LogP contribution is 2.35. The summed E-state index contributed by atoms with van der Waals surface area (Å²) in [6, 6.07) is 16.9. The van der Waals surface area contributed by atoms with Gasteiger partial charge >= 0.3 is 0 Å². The number of hydrogen-bond donors (Lipinski definition) is 2. The molecule has 138 valence electrons. The number of benzene rings is 2. The lowest BCUT2D eigenvalue weighted by Gasteiger charge is -2.16. The molecule has 0 radical (unpaired) electrons. The highest BCUT2D eigenvalue weighted by atomic mass is 32.2. The van der Waals surface area contributed by atoms with Crippen molar-refractivity contribution < 1.29 is 4.74 Å². The topological polar surface area (TPSA) is 49.4 Å². The lowest BCUT2D eigenvalue weighted by molar-refractivity contribution is 0.483. The molecule has 5 rings (SSSR count). The molecule has 0 unspecified atom stereocenters. The van der Waals surface area contributed by atoms with Crippen molar-refractivity contribution in [2.75, 3.05) is 17.6 Å². The van der Waals surface area contributed by atoms with Gasteiger partial charge in [0, 0.05) is 29.8 Å². The fourth-order valence-corrected chi connectivity index (χ4v) is 4.74. The largest absolute Gasteiger partial charge is 0.457 e. The van der Waals surface area contributed by atoms with Crippen LogP contribution >= 0.6 is 11.8 Å². The Bertz CT molecular complexity index is 974. The van der Waals surface area contributed by atoms with Crippen LogP contribution in [0.1, 0.15) is 31.4 Å². The molecule has 2 heterocycles. The molecule has 27 heavy (non-hydrogen) atoms. The van der Waals surface area contributed by atoms with E-state index in [1.54, 1.807) is 0 Å². The molecule has 0 saturated heterocycles. The van der Waals surface area contributed by atoms with Gasteiger partial charge in [0.15, 0.2) is 0 Å².